The number of aromatic amines is 2. The van der Waals surface area contributed by atoms with Crippen LogP contribution in [0, 0.1) is 0 Å². The van der Waals surface area contributed by atoms with Gasteiger partial charge in [-0.05, 0) is 18.1 Å². The van der Waals surface area contributed by atoms with Gasteiger partial charge in [-0.15, -0.1) is 0 Å². The minimum absolute atomic E-state index is 0.00734. The molecule has 2 heterocycles. The molecule has 0 aliphatic carbocycles. The van der Waals surface area contributed by atoms with Crippen LogP contribution in [0.15, 0.2) is 46.1 Å². The Labute approximate surface area is 120 Å². The minimum atomic E-state index is -0.507. The minimum Gasteiger partial charge on any atom is -0.307 e. The molecule has 0 unspecified atom stereocenters. The van der Waals surface area contributed by atoms with Crippen molar-refractivity contribution in [3.8, 4) is 11.3 Å². The number of rotatable bonds is 2. The molecule has 106 valence electrons. The fourth-order valence-electron chi connectivity index (χ4n) is 2.48. The van der Waals surface area contributed by atoms with Crippen molar-refractivity contribution in [2.75, 3.05) is 0 Å². The van der Waals surface area contributed by atoms with E-state index in [1.54, 1.807) is 6.20 Å². The van der Waals surface area contributed by atoms with Crippen LogP contribution in [0.2, 0.25) is 0 Å². The molecule has 5 heteroatoms. The van der Waals surface area contributed by atoms with E-state index in [1.165, 1.54) is 0 Å². The number of benzene rings is 1. The molecule has 0 aliphatic rings. The average Bonchev–Trinajstić information content (AvgIpc) is 2.45. The molecule has 0 amide bonds. The maximum Gasteiger partial charge on any atom is 0.326 e. The number of nitrogens with zero attached hydrogens (tertiary/aromatic N) is 1. The number of nitrogens with one attached hydrogen (secondary N) is 2. The second-order valence-electron chi connectivity index (χ2n) is 5.27. The van der Waals surface area contributed by atoms with E-state index in [-0.39, 0.29) is 11.5 Å². The third-order valence-corrected chi connectivity index (χ3v) is 3.44. The summed E-state index contributed by atoms with van der Waals surface area (Å²) in [7, 11) is 0. The van der Waals surface area contributed by atoms with Crippen LogP contribution in [0.25, 0.3) is 22.2 Å². The predicted octanol–water partition coefficient (Wildman–Crippen LogP) is 2.40. The summed E-state index contributed by atoms with van der Waals surface area (Å²) in [6.45, 7) is 3.84. The van der Waals surface area contributed by atoms with Crippen molar-refractivity contribution in [3.63, 3.8) is 0 Å². The van der Waals surface area contributed by atoms with Crippen LogP contribution in [-0.4, -0.2) is 15.0 Å². The molecule has 2 N–H and O–H groups in total. The van der Waals surface area contributed by atoms with Gasteiger partial charge in [0.25, 0.3) is 5.56 Å². The number of pyridine rings is 1. The van der Waals surface area contributed by atoms with Crippen molar-refractivity contribution >= 4 is 10.9 Å². The highest BCUT2D eigenvalue weighted by molar-refractivity contribution is 5.83. The molecule has 0 fully saturated rings. The first kappa shape index (κ1) is 13.3. The van der Waals surface area contributed by atoms with Crippen molar-refractivity contribution in [2.45, 2.75) is 19.8 Å². The fraction of sp³-hybridized carbons (Fsp3) is 0.188. The number of hydrogen-bond acceptors (Lipinski definition) is 3. The lowest BCUT2D eigenvalue weighted by atomic mass is 9.98. The van der Waals surface area contributed by atoms with Gasteiger partial charge in [0.15, 0.2) is 0 Å². The number of hydrogen-bond donors (Lipinski definition) is 2. The van der Waals surface area contributed by atoms with E-state index in [0.29, 0.717) is 11.3 Å². The molecular weight excluding hydrogens is 266 g/mol. The van der Waals surface area contributed by atoms with Gasteiger partial charge in [-0.3, -0.25) is 14.8 Å². The van der Waals surface area contributed by atoms with Crippen LogP contribution < -0.4 is 11.2 Å². The lowest BCUT2D eigenvalue weighted by Gasteiger charge is -2.11. The van der Waals surface area contributed by atoms with E-state index in [4.69, 9.17) is 0 Å². The largest absolute Gasteiger partial charge is 0.326 e. The Morgan fingerprint density at radius 3 is 2.62 bits per heavy atom. The number of aromatic nitrogens is 3. The Kier molecular flexibility index (Phi) is 3.17. The topological polar surface area (TPSA) is 78.6 Å². The Morgan fingerprint density at radius 1 is 1.10 bits per heavy atom. The van der Waals surface area contributed by atoms with Crippen molar-refractivity contribution in [1.82, 2.24) is 15.0 Å². The average molecular weight is 281 g/mol. The van der Waals surface area contributed by atoms with Gasteiger partial charge in [0.2, 0.25) is 0 Å². The highest BCUT2D eigenvalue weighted by Crippen LogP contribution is 2.25. The quantitative estimate of drug-likeness (QED) is 0.757. The summed E-state index contributed by atoms with van der Waals surface area (Å²) in [5.41, 5.74) is 1.85. The molecule has 0 bridgehead atoms. The second kappa shape index (κ2) is 5.01. The SMILES string of the molecule is CC(C)c1c(-c2cnc3ccccc3c2)[nH]c(=O)[nH]c1=O. The summed E-state index contributed by atoms with van der Waals surface area (Å²) >= 11 is 0. The smallest absolute Gasteiger partial charge is 0.307 e. The molecule has 0 saturated heterocycles. The first-order valence-corrected chi connectivity index (χ1v) is 6.78. The lowest BCUT2D eigenvalue weighted by Crippen LogP contribution is -2.27. The summed E-state index contributed by atoms with van der Waals surface area (Å²) in [6, 6.07) is 9.65. The van der Waals surface area contributed by atoms with Crippen molar-refractivity contribution < 1.29 is 0 Å². The molecular formula is C16H15N3O2. The van der Waals surface area contributed by atoms with Gasteiger partial charge in [-0.2, -0.15) is 0 Å². The standard InChI is InChI=1S/C16H15N3O2/c1-9(2)13-14(18-16(21)19-15(13)20)11-7-10-5-3-4-6-12(10)17-8-11/h3-9H,1-2H3,(H2,18,19,20,21). The van der Waals surface area contributed by atoms with Crippen LogP contribution in [-0.2, 0) is 0 Å². The summed E-state index contributed by atoms with van der Waals surface area (Å²) in [5, 5.41) is 0.964. The molecule has 0 saturated carbocycles. The van der Waals surface area contributed by atoms with Crippen molar-refractivity contribution in [3.05, 3.63) is 62.9 Å². The van der Waals surface area contributed by atoms with E-state index in [0.717, 1.165) is 16.5 Å². The molecule has 1 aromatic carbocycles. The van der Waals surface area contributed by atoms with Gasteiger partial charge in [-0.1, -0.05) is 32.0 Å². The van der Waals surface area contributed by atoms with Crippen LogP contribution in [0.3, 0.4) is 0 Å². The van der Waals surface area contributed by atoms with E-state index < -0.39 is 5.69 Å². The summed E-state index contributed by atoms with van der Waals surface area (Å²) in [5.74, 6) is -0.00734. The van der Waals surface area contributed by atoms with Crippen LogP contribution >= 0.6 is 0 Å². The Morgan fingerprint density at radius 2 is 1.86 bits per heavy atom. The van der Waals surface area contributed by atoms with Crippen LogP contribution in [0.1, 0.15) is 25.3 Å². The monoisotopic (exact) mass is 281 g/mol. The summed E-state index contributed by atoms with van der Waals surface area (Å²) in [4.78, 5) is 33.0. The number of H-pyrrole nitrogens is 2. The molecule has 3 aromatic rings. The van der Waals surface area contributed by atoms with Gasteiger partial charge < -0.3 is 4.98 Å². The lowest BCUT2D eigenvalue weighted by molar-refractivity contribution is 0.825. The maximum atomic E-state index is 12.0. The molecule has 0 spiro atoms. The highest BCUT2D eigenvalue weighted by atomic mass is 16.2. The maximum absolute atomic E-state index is 12.0. The Hall–Kier alpha value is -2.69. The molecule has 0 atom stereocenters. The molecule has 0 radical (unpaired) electrons. The van der Waals surface area contributed by atoms with Gasteiger partial charge in [0.1, 0.15) is 0 Å². The Balaban J connectivity index is 2.31. The zero-order valence-corrected chi connectivity index (χ0v) is 11.8. The highest BCUT2D eigenvalue weighted by Gasteiger charge is 2.15. The van der Waals surface area contributed by atoms with Gasteiger partial charge >= 0.3 is 5.69 Å². The first-order chi connectivity index (χ1) is 10.1. The predicted molar refractivity (Wildman–Crippen MR) is 82.5 cm³/mol. The third-order valence-electron chi connectivity index (χ3n) is 3.44. The van der Waals surface area contributed by atoms with E-state index in [2.05, 4.69) is 15.0 Å². The van der Waals surface area contributed by atoms with Gasteiger partial charge in [0, 0.05) is 22.7 Å². The number of fused-ring (bicyclic) bond motifs is 1. The van der Waals surface area contributed by atoms with E-state index in [9.17, 15) is 9.59 Å². The Bertz CT molecular complexity index is 922. The van der Waals surface area contributed by atoms with Gasteiger partial charge in [0.05, 0.1) is 11.2 Å². The molecule has 21 heavy (non-hydrogen) atoms. The van der Waals surface area contributed by atoms with Crippen molar-refractivity contribution in [2.24, 2.45) is 0 Å². The second-order valence-corrected chi connectivity index (χ2v) is 5.27. The van der Waals surface area contributed by atoms with Gasteiger partial charge in [-0.25, -0.2) is 4.79 Å². The molecule has 2 aromatic heterocycles. The van der Waals surface area contributed by atoms with E-state index >= 15 is 0 Å². The fourth-order valence-corrected chi connectivity index (χ4v) is 2.48. The van der Waals surface area contributed by atoms with E-state index in [1.807, 2.05) is 44.2 Å². The molecule has 0 aliphatic heterocycles. The zero-order valence-electron chi connectivity index (χ0n) is 11.8. The third kappa shape index (κ3) is 2.38. The molecule has 5 nitrogen and oxygen atoms in total. The molecule has 3 rings (SSSR count). The van der Waals surface area contributed by atoms with Crippen LogP contribution in [0.4, 0.5) is 0 Å². The number of para-hydroxylation sites is 1. The normalized spacial score (nSPS) is 11.2. The van der Waals surface area contributed by atoms with Crippen LogP contribution in [0.5, 0.6) is 0 Å². The first-order valence-electron chi connectivity index (χ1n) is 6.78. The summed E-state index contributed by atoms with van der Waals surface area (Å²) < 4.78 is 0. The zero-order chi connectivity index (χ0) is 15.0. The van der Waals surface area contributed by atoms with Crippen molar-refractivity contribution in [1.29, 1.82) is 0 Å². The summed E-state index contributed by atoms with van der Waals surface area (Å²) in [6.07, 6.45) is 1.68.